The smallest absolute Gasteiger partial charge is 0.238 e. The number of carbonyl (C=O) groups is 1. The SMILES string of the molecule is C=C(C)CN(CC)CC(=O)Nc1ccccc1-c1ccccc1. The van der Waals surface area contributed by atoms with Crippen LogP contribution >= 0.6 is 0 Å². The number of hydrogen-bond donors (Lipinski definition) is 1. The molecule has 0 saturated heterocycles. The molecule has 0 heterocycles. The first kappa shape index (κ1) is 17.0. The van der Waals surface area contributed by atoms with E-state index in [0.29, 0.717) is 6.54 Å². The Morgan fingerprint density at radius 2 is 1.70 bits per heavy atom. The first-order valence-electron chi connectivity index (χ1n) is 7.91. The molecule has 0 aliphatic rings. The van der Waals surface area contributed by atoms with Gasteiger partial charge in [-0.3, -0.25) is 9.69 Å². The highest BCUT2D eigenvalue weighted by atomic mass is 16.2. The van der Waals surface area contributed by atoms with Crippen LogP contribution < -0.4 is 5.32 Å². The van der Waals surface area contributed by atoms with Gasteiger partial charge in [0.2, 0.25) is 5.91 Å². The zero-order valence-corrected chi connectivity index (χ0v) is 13.9. The van der Waals surface area contributed by atoms with E-state index in [2.05, 4.69) is 16.8 Å². The van der Waals surface area contributed by atoms with Gasteiger partial charge in [-0.1, -0.05) is 67.6 Å². The van der Waals surface area contributed by atoms with Crippen molar-refractivity contribution in [1.29, 1.82) is 0 Å². The van der Waals surface area contributed by atoms with Gasteiger partial charge in [-0.2, -0.15) is 0 Å². The summed E-state index contributed by atoms with van der Waals surface area (Å²) >= 11 is 0. The van der Waals surface area contributed by atoms with Gasteiger partial charge in [-0.25, -0.2) is 0 Å². The summed E-state index contributed by atoms with van der Waals surface area (Å²) in [5, 5.41) is 3.04. The highest BCUT2D eigenvalue weighted by Crippen LogP contribution is 2.27. The average Bonchev–Trinajstić information content (AvgIpc) is 2.55. The number of nitrogens with one attached hydrogen (secondary N) is 1. The zero-order valence-electron chi connectivity index (χ0n) is 13.9. The second-order valence-corrected chi connectivity index (χ2v) is 5.72. The molecular formula is C20H24N2O. The summed E-state index contributed by atoms with van der Waals surface area (Å²) in [4.78, 5) is 14.4. The molecule has 0 aliphatic heterocycles. The molecule has 0 radical (unpaired) electrons. The average molecular weight is 308 g/mol. The first-order valence-corrected chi connectivity index (χ1v) is 7.91. The Hall–Kier alpha value is -2.39. The molecule has 23 heavy (non-hydrogen) atoms. The molecule has 0 aliphatic carbocycles. The van der Waals surface area contributed by atoms with Crippen LogP contribution in [0.2, 0.25) is 0 Å². The van der Waals surface area contributed by atoms with Crippen molar-refractivity contribution in [3.8, 4) is 11.1 Å². The Bertz CT molecular complexity index is 664. The van der Waals surface area contributed by atoms with Crippen LogP contribution in [-0.4, -0.2) is 30.4 Å². The van der Waals surface area contributed by atoms with Crippen LogP contribution in [0.3, 0.4) is 0 Å². The predicted molar refractivity (Wildman–Crippen MR) is 97.4 cm³/mol. The summed E-state index contributed by atoms with van der Waals surface area (Å²) in [5.41, 5.74) is 4.03. The quantitative estimate of drug-likeness (QED) is 0.778. The van der Waals surface area contributed by atoms with E-state index in [1.807, 2.05) is 68.4 Å². The van der Waals surface area contributed by atoms with Crippen LogP contribution in [0, 0.1) is 0 Å². The third-order valence-electron chi connectivity index (χ3n) is 3.59. The normalized spacial score (nSPS) is 10.6. The van der Waals surface area contributed by atoms with E-state index >= 15 is 0 Å². The summed E-state index contributed by atoms with van der Waals surface area (Å²) in [7, 11) is 0. The van der Waals surface area contributed by atoms with E-state index < -0.39 is 0 Å². The van der Waals surface area contributed by atoms with Crippen molar-refractivity contribution in [3.63, 3.8) is 0 Å². The molecule has 3 nitrogen and oxygen atoms in total. The van der Waals surface area contributed by atoms with Crippen LogP contribution in [-0.2, 0) is 4.79 Å². The summed E-state index contributed by atoms with van der Waals surface area (Å²) in [6.45, 7) is 9.87. The van der Waals surface area contributed by atoms with Crippen molar-refractivity contribution < 1.29 is 4.79 Å². The van der Waals surface area contributed by atoms with Gasteiger partial charge in [0, 0.05) is 17.8 Å². The number of benzene rings is 2. The van der Waals surface area contributed by atoms with Gasteiger partial charge in [-0.15, -0.1) is 0 Å². The van der Waals surface area contributed by atoms with E-state index in [-0.39, 0.29) is 5.91 Å². The number of para-hydroxylation sites is 1. The highest BCUT2D eigenvalue weighted by Gasteiger charge is 2.11. The van der Waals surface area contributed by atoms with Crippen molar-refractivity contribution in [2.24, 2.45) is 0 Å². The molecule has 120 valence electrons. The number of anilines is 1. The fourth-order valence-corrected chi connectivity index (χ4v) is 2.52. The maximum absolute atomic E-state index is 12.4. The third kappa shape index (κ3) is 5.08. The summed E-state index contributed by atoms with van der Waals surface area (Å²) in [5.74, 6) is -0.00326. The summed E-state index contributed by atoms with van der Waals surface area (Å²) in [6, 6.07) is 18.0. The molecule has 2 aromatic carbocycles. The zero-order chi connectivity index (χ0) is 16.7. The fraction of sp³-hybridized carbons (Fsp3) is 0.250. The van der Waals surface area contributed by atoms with Gasteiger partial charge in [-0.05, 0) is 25.1 Å². The van der Waals surface area contributed by atoms with Crippen molar-refractivity contribution in [1.82, 2.24) is 4.90 Å². The van der Waals surface area contributed by atoms with Gasteiger partial charge in [0.15, 0.2) is 0 Å². The standard InChI is InChI=1S/C20H24N2O/c1-4-22(14-16(2)3)15-20(23)21-19-13-9-8-12-18(19)17-10-6-5-7-11-17/h5-13H,2,4,14-15H2,1,3H3,(H,21,23). The molecule has 3 heteroatoms. The second kappa shape index (κ2) is 8.30. The van der Waals surface area contributed by atoms with Crippen LogP contribution in [0.15, 0.2) is 66.7 Å². The number of hydrogen-bond acceptors (Lipinski definition) is 2. The molecule has 1 amide bonds. The lowest BCUT2D eigenvalue weighted by Gasteiger charge is -2.20. The lowest BCUT2D eigenvalue weighted by atomic mass is 10.0. The van der Waals surface area contributed by atoms with Crippen LogP contribution in [0.25, 0.3) is 11.1 Å². The lowest BCUT2D eigenvalue weighted by molar-refractivity contribution is -0.117. The summed E-state index contributed by atoms with van der Waals surface area (Å²) in [6.07, 6.45) is 0. The van der Waals surface area contributed by atoms with Gasteiger partial charge < -0.3 is 5.32 Å². The Balaban J connectivity index is 2.11. The van der Waals surface area contributed by atoms with Gasteiger partial charge in [0.05, 0.1) is 6.54 Å². The molecule has 1 N–H and O–H groups in total. The second-order valence-electron chi connectivity index (χ2n) is 5.72. The maximum Gasteiger partial charge on any atom is 0.238 e. The van der Waals surface area contributed by atoms with Crippen molar-refractivity contribution in [2.75, 3.05) is 25.0 Å². The topological polar surface area (TPSA) is 32.3 Å². The van der Waals surface area contributed by atoms with E-state index in [0.717, 1.165) is 35.5 Å². The van der Waals surface area contributed by atoms with Crippen LogP contribution in [0.1, 0.15) is 13.8 Å². The van der Waals surface area contributed by atoms with Crippen molar-refractivity contribution in [3.05, 3.63) is 66.7 Å². The molecule has 0 atom stereocenters. The molecule has 2 aromatic rings. The van der Waals surface area contributed by atoms with Crippen molar-refractivity contribution in [2.45, 2.75) is 13.8 Å². The Kier molecular flexibility index (Phi) is 6.12. The largest absolute Gasteiger partial charge is 0.324 e. The number of rotatable bonds is 7. The lowest BCUT2D eigenvalue weighted by Crippen LogP contribution is -2.34. The number of carbonyl (C=O) groups excluding carboxylic acids is 1. The minimum absolute atomic E-state index is 0.00326. The summed E-state index contributed by atoms with van der Waals surface area (Å²) < 4.78 is 0. The number of nitrogens with zero attached hydrogens (tertiary/aromatic N) is 1. The van der Waals surface area contributed by atoms with Gasteiger partial charge >= 0.3 is 0 Å². The minimum Gasteiger partial charge on any atom is -0.324 e. The highest BCUT2D eigenvalue weighted by molar-refractivity contribution is 5.96. The van der Waals surface area contributed by atoms with Gasteiger partial charge in [0.1, 0.15) is 0 Å². The Labute approximate surface area is 138 Å². The molecule has 2 rings (SSSR count). The molecule has 0 bridgehead atoms. The molecular weight excluding hydrogens is 284 g/mol. The maximum atomic E-state index is 12.4. The fourth-order valence-electron chi connectivity index (χ4n) is 2.52. The van der Waals surface area contributed by atoms with Gasteiger partial charge in [0.25, 0.3) is 0 Å². The Morgan fingerprint density at radius 3 is 2.35 bits per heavy atom. The van der Waals surface area contributed by atoms with E-state index in [1.54, 1.807) is 0 Å². The van der Waals surface area contributed by atoms with E-state index in [9.17, 15) is 4.79 Å². The molecule has 0 aromatic heterocycles. The number of amides is 1. The van der Waals surface area contributed by atoms with E-state index in [4.69, 9.17) is 0 Å². The van der Waals surface area contributed by atoms with E-state index in [1.165, 1.54) is 0 Å². The minimum atomic E-state index is -0.00326. The monoisotopic (exact) mass is 308 g/mol. The molecule has 0 fully saturated rings. The molecule has 0 spiro atoms. The first-order chi connectivity index (χ1) is 11.1. The Morgan fingerprint density at radius 1 is 1.04 bits per heavy atom. The molecule has 0 unspecified atom stereocenters. The van der Waals surface area contributed by atoms with Crippen LogP contribution in [0.5, 0.6) is 0 Å². The third-order valence-corrected chi connectivity index (χ3v) is 3.59. The van der Waals surface area contributed by atoms with Crippen LogP contribution in [0.4, 0.5) is 5.69 Å². The predicted octanol–water partition coefficient (Wildman–Crippen LogP) is 4.19. The van der Waals surface area contributed by atoms with Crippen molar-refractivity contribution >= 4 is 11.6 Å². The molecule has 0 saturated carbocycles. The number of likely N-dealkylation sites (N-methyl/N-ethyl adjacent to an activating group) is 1.